The summed E-state index contributed by atoms with van der Waals surface area (Å²) < 4.78 is 33.0. The minimum absolute atomic E-state index is 0. The number of aryl methyl sites for hydroxylation is 2. The zero-order chi connectivity index (χ0) is 17.0. The first-order chi connectivity index (χ1) is 10.8. The van der Waals surface area contributed by atoms with E-state index in [4.69, 9.17) is 10.5 Å². The van der Waals surface area contributed by atoms with E-state index in [0.29, 0.717) is 30.0 Å². The van der Waals surface area contributed by atoms with Crippen molar-refractivity contribution in [3.63, 3.8) is 0 Å². The second kappa shape index (κ2) is 8.37. The van der Waals surface area contributed by atoms with Crippen LogP contribution in [0.25, 0.3) is 0 Å². The van der Waals surface area contributed by atoms with Gasteiger partial charge < -0.3 is 10.5 Å². The first-order valence-corrected chi connectivity index (χ1v) is 8.81. The molecule has 24 heavy (non-hydrogen) atoms. The Morgan fingerprint density at radius 1 is 1.12 bits per heavy atom. The van der Waals surface area contributed by atoms with Crippen LogP contribution in [0.3, 0.4) is 0 Å². The van der Waals surface area contributed by atoms with Gasteiger partial charge >= 0.3 is 0 Å². The second-order valence-corrected chi connectivity index (χ2v) is 7.21. The standard InChI is InChI=1S/C17H22N2O3S.ClH/c1-12-10-13(2)17(16(11-12)22-3)23(20,21)19-9-8-14-4-6-15(18)7-5-14;/h4-7,10-11,19H,8-9,18H2,1-3H3;1H. The van der Waals surface area contributed by atoms with Crippen molar-refractivity contribution in [1.82, 2.24) is 4.72 Å². The van der Waals surface area contributed by atoms with Crippen LogP contribution < -0.4 is 15.2 Å². The molecule has 0 fully saturated rings. The van der Waals surface area contributed by atoms with E-state index in [1.165, 1.54) is 7.11 Å². The van der Waals surface area contributed by atoms with Gasteiger partial charge in [-0.15, -0.1) is 12.4 Å². The topological polar surface area (TPSA) is 81.4 Å². The molecule has 2 aromatic rings. The maximum absolute atomic E-state index is 12.6. The van der Waals surface area contributed by atoms with Crippen LogP contribution in [0.4, 0.5) is 5.69 Å². The summed E-state index contributed by atoms with van der Waals surface area (Å²) in [6, 6.07) is 10.9. The molecular weight excluding hydrogens is 348 g/mol. The molecule has 132 valence electrons. The van der Waals surface area contributed by atoms with Crippen LogP contribution in [-0.2, 0) is 16.4 Å². The minimum atomic E-state index is -3.63. The second-order valence-electron chi connectivity index (χ2n) is 5.50. The van der Waals surface area contributed by atoms with E-state index in [1.807, 2.05) is 25.1 Å². The summed E-state index contributed by atoms with van der Waals surface area (Å²) in [6.07, 6.45) is 0.590. The van der Waals surface area contributed by atoms with E-state index in [1.54, 1.807) is 25.1 Å². The quantitative estimate of drug-likeness (QED) is 0.766. The molecule has 0 atom stereocenters. The van der Waals surface area contributed by atoms with Crippen molar-refractivity contribution >= 4 is 28.1 Å². The maximum Gasteiger partial charge on any atom is 0.244 e. The highest BCUT2D eigenvalue weighted by molar-refractivity contribution is 7.89. The molecule has 0 amide bonds. The third-order valence-electron chi connectivity index (χ3n) is 3.56. The van der Waals surface area contributed by atoms with E-state index in [9.17, 15) is 8.42 Å². The van der Waals surface area contributed by atoms with Crippen LogP contribution in [-0.4, -0.2) is 22.1 Å². The van der Waals surface area contributed by atoms with Crippen LogP contribution >= 0.6 is 12.4 Å². The number of nitrogen functional groups attached to an aromatic ring is 1. The molecule has 0 aliphatic rings. The van der Waals surface area contributed by atoms with E-state index < -0.39 is 10.0 Å². The van der Waals surface area contributed by atoms with E-state index in [0.717, 1.165) is 11.1 Å². The Labute approximate surface area is 149 Å². The molecule has 0 aliphatic heterocycles. The Balaban J connectivity index is 0.00000288. The third kappa shape index (κ3) is 4.87. The van der Waals surface area contributed by atoms with Gasteiger partial charge in [-0.25, -0.2) is 13.1 Å². The summed E-state index contributed by atoms with van der Waals surface area (Å²) >= 11 is 0. The van der Waals surface area contributed by atoms with Gasteiger partial charge in [-0.05, 0) is 55.2 Å². The number of nitrogens with one attached hydrogen (secondary N) is 1. The fourth-order valence-corrected chi connectivity index (χ4v) is 3.90. The summed E-state index contributed by atoms with van der Waals surface area (Å²) in [7, 11) is -2.15. The van der Waals surface area contributed by atoms with Crippen molar-refractivity contribution in [2.45, 2.75) is 25.2 Å². The van der Waals surface area contributed by atoms with Crippen molar-refractivity contribution in [2.24, 2.45) is 0 Å². The average Bonchev–Trinajstić information content (AvgIpc) is 2.47. The van der Waals surface area contributed by atoms with Crippen molar-refractivity contribution in [3.05, 3.63) is 53.1 Å². The molecule has 0 unspecified atom stereocenters. The van der Waals surface area contributed by atoms with Gasteiger partial charge in [0.1, 0.15) is 10.6 Å². The Kier molecular flexibility index (Phi) is 7.08. The van der Waals surface area contributed by atoms with Crippen LogP contribution in [0.1, 0.15) is 16.7 Å². The van der Waals surface area contributed by atoms with Gasteiger partial charge in [-0.2, -0.15) is 0 Å². The number of nitrogens with two attached hydrogens (primary N) is 1. The van der Waals surface area contributed by atoms with E-state index in [2.05, 4.69) is 4.72 Å². The van der Waals surface area contributed by atoms with Gasteiger partial charge in [0.25, 0.3) is 0 Å². The number of methoxy groups -OCH3 is 1. The maximum atomic E-state index is 12.6. The van der Waals surface area contributed by atoms with Gasteiger partial charge in [-0.1, -0.05) is 18.2 Å². The molecule has 0 bridgehead atoms. The third-order valence-corrected chi connectivity index (χ3v) is 5.20. The highest BCUT2D eigenvalue weighted by Gasteiger charge is 2.22. The number of rotatable bonds is 6. The molecule has 2 aromatic carbocycles. The zero-order valence-electron chi connectivity index (χ0n) is 14.0. The Bertz CT molecular complexity index is 790. The number of hydrogen-bond acceptors (Lipinski definition) is 4. The SMILES string of the molecule is COc1cc(C)cc(C)c1S(=O)(=O)NCCc1ccc(N)cc1.Cl. The predicted molar refractivity (Wildman–Crippen MR) is 99.5 cm³/mol. The monoisotopic (exact) mass is 370 g/mol. The van der Waals surface area contributed by atoms with Gasteiger partial charge in [0, 0.05) is 12.2 Å². The molecule has 5 nitrogen and oxygen atoms in total. The summed E-state index contributed by atoms with van der Waals surface area (Å²) in [4.78, 5) is 0.197. The molecule has 2 rings (SSSR count). The molecule has 0 saturated heterocycles. The molecule has 0 spiro atoms. The lowest BCUT2D eigenvalue weighted by atomic mass is 10.1. The number of benzene rings is 2. The lowest BCUT2D eigenvalue weighted by Gasteiger charge is -2.14. The highest BCUT2D eigenvalue weighted by atomic mass is 35.5. The smallest absolute Gasteiger partial charge is 0.244 e. The van der Waals surface area contributed by atoms with Crippen LogP contribution in [0, 0.1) is 13.8 Å². The fraction of sp³-hybridized carbons (Fsp3) is 0.294. The number of sulfonamides is 1. The Morgan fingerprint density at radius 2 is 1.75 bits per heavy atom. The summed E-state index contributed by atoms with van der Waals surface area (Å²) in [5.74, 6) is 0.363. The Hall–Kier alpha value is -1.76. The molecule has 0 aromatic heterocycles. The number of ether oxygens (including phenoxy) is 1. The number of hydrogen-bond donors (Lipinski definition) is 2. The Morgan fingerprint density at radius 3 is 2.33 bits per heavy atom. The highest BCUT2D eigenvalue weighted by Crippen LogP contribution is 2.28. The van der Waals surface area contributed by atoms with Gasteiger partial charge in [0.15, 0.2) is 0 Å². The van der Waals surface area contributed by atoms with Gasteiger partial charge in [0.05, 0.1) is 7.11 Å². The van der Waals surface area contributed by atoms with Crippen molar-refractivity contribution < 1.29 is 13.2 Å². The molecule has 0 radical (unpaired) electrons. The van der Waals surface area contributed by atoms with E-state index in [-0.39, 0.29) is 17.3 Å². The molecule has 3 N–H and O–H groups in total. The lowest BCUT2D eigenvalue weighted by Crippen LogP contribution is -2.27. The normalized spacial score (nSPS) is 11.0. The first kappa shape index (κ1) is 20.3. The zero-order valence-corrected chi connectivity index (χ0v) is 15.6. The summed E-state index contributed by atoms with van der Waals surface area (Å²) in [5.41, 5.74) is 8.97. The van der Waals surface area contributed by atoms with Crippen molar-refractivity contribution in [3.8, 4) is 5.75 Å². The van der Waals surface area contributed by atoms with E-state index >= 15 is 0 Å². The van der Waals surface area contributed by atoms with Gasteiger partial charge in [-0.3, -0.25) is 0 Å². The molecule has 7 heteroatoms. The van der Waals surface area contributed by atoms with Crippen molar-refractivity contribution in [1.29, 1.82) is 0 Å². The van der Waals surface area contributed by atoms with Crippen molar-refractivity contribution in [2.75, 3.05) is 19.4 Å². The fourth-order valence-electron chi connectivity index (χ4n) is 2.50. The molecular formula is C17H23ClN2O3S. The average molecular weight is 371 g/mol. The van der Waals surface area contributed by atoms with Gasteiger partial charge in [0.2, 0.25) is 10.0 Å². The molecule has 0 aliphatic carbocycles. The number of anilines is 1. The van der Waals surface area contributed by atoms with Crippen LogP contribution in [0.2, 0.25) is 0 Å². The number of halogens is 1. The molecule has 0 heterocycles. The van der Waals surface area contributed by atoms with Crippen LogP contribution in [0.15, 0.2) is 41.3 Å². The predicted octanol–water partition coefficient (Wildman–Crippen LogP) is 2.84. The first-order valence-electron chi connectivity index (χ1n) is 7.33. The largest absolute Gasteiger partial charge is 0.495 e. The summed E-state index contributed by atoms with van der Waals surface area (Å²) in [5, 5.41) is 0. The van der Waals surface area contributed by atoms with Crippen LogP contribution in [0.5, 0.6) is 5.75 Å². The summed E-state index contributed by atoms with van der Waals surface area (Å²) in [6.45, 7) is 3.98. The lowest BCUT2D eigenvalue weighted by molar-refractivity contribution is 0.401. The minimum Gasteiger partial charge on any atom is -0.495 e. The molecule has 0 saturated carbocycles.